The van der Waals surface area contributed by atoms with Crippen LogP contribution in [0.2, 0.25) is 0 Å². The smallest absolute Gasteiger partial charge is 0.378 e. The van der Waals surface area contributed by atoms with Gasteiger partial charge in [0.1, 0.15) is 6.10 Å². The molecule has 8 heteroatoms. The Morgan fingerprint density at radius 2 is 1.86 bits per heavy atom. The van der Waals surface area contributed by atoms with Gasteiger partial charge in [0.05, 0.1) is 6.61 Å². The molecule has 0 radical (unpaired) electrons. The molecule has 2 rings (SSSR count). The zero-order chi connectivity index (χ0) is 15.8. The quantitative estimate of drug-likeness (QED) is 0.459. The number of aliphatic hydroxyl groups excluding tert-OH is 4. The SMILES string of the molecule is O=C1O[C@](C(=O)c2ccc(Br)cc2)([C@@H](O)CO)C(O)=C1O. The van der Waals surface area contributed by atoms with Crippen LogP contribution in [-0.2, 0) is 9.53 Å². The lowest BCUT2D eigenvalue weighted by molar-refractivity contribution is -0.156. The fraction of sp³-hybridized carbons (Fsp3) is 0.231. The minimum atomic E-state index is -2.55. The lowest BCUT2D eigenvalue weighted by Crippen LogP contribution is -2.53. The Labute approximate surface area is 127 Å². The van der Waals surface area contributed by atoms with Gasteiger partial charge in [-0.25, -0.2) is 4.79 Å². The van der Waals surface area contributed by atoms with Crippen molar-refractivity contribution in [1.82, 2.24) is 0 Å². The number of rotatable bonds is 4. The second-order valence-corrected chi connectivity index (χ2v) is 5.27. The molecule has 1 aromatic rings. The highest BCUT2D eigenvalue weighted by molar-refractivity contribution is 9.10. The number of benzene rings is 1. The molecule has 1 aliphatic heterocycles. The molecule has 0 amide bonds. The molecule has 1 aromatic carbocycles. The summed E-state index contributed by atoms with van der Waals surface area (Å²) in [6.07, 6.45) is -1.93. The largest absolute Gasteiger partial charge is 0.504 e. The number of cyclic esters (lactones) is 1. The van der Waals surface area contributed by atoms with Gasteiger partial charge < -0.3 is 25.2 Å². The minimum absolute atomic E-state index is 0.0137. The van der Waals surface area contributed by atoms with Crippen LogP contribution < -0.4 is 0 Å². The molecule has 0 aliphatic carbocycles. The summed E-state index contributed by atoms with van der Waals surface area (Å²) >= 11 is 3.18. The topological polar surface area (TPSA) is 124 Å². The van der Waals surface area contributed by atoms with Gasteiger partial charge in [0.25, 0.3) is 5.60 Å². The molecular formula is C13H11BrO7. The van der Waals surface area contributed by atoms with Crippen molar-refractivity contribution in [3.63, 3.8) is 0 Å². The maximum Gasteiger partial charge on any atom is 0.378 e. The number of aliphatic hydroxyl groups is 4. The highest BCUT2D eigenvalue weighted by Gasteiger charge is 2.59. The molecule has 2 atom stereocenters. The third-order valence-electron chi connectivity index (χ3n) is 3.11. The first kappa shape index (κ1) is 15.5. The van der Waals surface area contributed by atoms with Gasteiger partial charge in [-0.15, -0.1) is 0 Å². The number of ketones is 1. The number of halogens is 1. The number of Topliss-reactive ketones (excluding diaryl/α,β-unsaturated/α-hetero) is 1. The maximum absolute atomic E-state index is 12.5. The van der Waals surface area contributed by atoms with Gasteiger partial charge in [-0.2, -0.15) is 0 Å². The Hall–Kier alpha value is -1.90. The second-order valence-electron chi connectivity index (χ2n) is 4.36. The van der Waals surface area contributed by atoms with Crippen LogP contribution in [0, 0.1) is 0 Å². The highest BCUT2D eigenvalue weighted by Crippen LogP contribution is 2.36. The highest BCUT2D eigenvalue weighted by atomic mass is 79.9. The van der Waals surface area contributed by atoms with Crippen molar-refractivity contribution in [2.24, 2.45) is 0 Å². The van der Waals surface area contributed by atoms with E-state index in [2.05, 4.69) is 20.7 Å². The van der Waals surface area contributed by atoms with E-state index in [-0.39, 0.29) is 5.56 Å². The van der Waals surface area contributed by atoms with Crippen molar-refractivity contribution < 1.29 is 34.8 Å². The molecule has 0 saturated heterocycles. The molecule has 0 saturated carbocycles. The third-order valence-corrected chi connectivity index (χ3v) is 3.64. The monoisotopic (exact) mass is 358 g/mol. The number of ether oxygens (including phenoxy) is 1. The van der Waals surface area contributed by atoms with Crippen molar-refractivity contribution in [1.29, 1.82) is 0 Å². The standard InChI is InChI=1S/C13H11BrO7/c14-7-3-1-6(2-4-7)10(18)13(8(16)5-15)11(19)9(17)12(20)21-13/h1-4,8,15-17,19H,5H2/t8-,13-/m0/s1. The van der Waals surface area contributed by atoms with Crippen LogP contribution >= 0.6 is 15.9 Å². The van der Waals surface area contributed by atoms with Gasteiger partial charge in [-0.3, -0.25) is 4.79 Å². The molecule has 0 fully saturated rings. The van der Waals surface area contributed by atoms with E-state index in [0.29, 0.717) is 4.47 Å². The van der Waals surface area contributed by atoms with Crippen molar-refractivity contribution in [3.05, 3.63) is 45.8 Å². The first-order chi connectivity index (χ1) is 9.84. The van der Waals surface area contributed by atoms with E-state index in [9.17, 15) is 24.9 Å². The number of hydrogen-bond acceptors (Lipinski definition) is 7. The predicted octanol–water partition coefficient (Wildman–Crippen LogP) is 0.608. The van der Waals surface area contributed by atoms with Crippen LogP contribution in [0.5, 0.6) is 0 Å². The summed E-state index contributed by atoms with van der Waals surface area (Å²) in [6, 6.07) is 5.80. The van der Waals surface area contributed by atoms with Crippen molar-refractivity contribution >= 4 is 27.7 Å². The summed E-state index contributed by atoms with van der Waals surface area (Å²) in [6.45, 7) is -0.965. The van der Waals surface area contributed by atoms with Gasteiger partial charge in [-0.05, 0) is 12.1 Å². The van der Waals surface area contributed by atoms with Gasteiger partial charge in [0, 0.05) is 10.0 Å². The number of carbonyl (C=O) groups excluding carboxylic acids is 2. The van der Waals surface area contributed by atoms with Gasteiger partial charge in [-0.1, -0.05) is 28.1 Å². The van der Waals surface area contributed by atoms with Gasteiger partial charge >= 0.3 is 5.97 Å². The van der Waals surface area contributed by atoms with E-state index >= 15 is 0 Å². The zero-order valence-corrected chi connectivity index (χ0v) is 12.1. The van der Waals surface area contributed by atoms with E-state index in [0.717, 1.165) is 0 Å². The molecule has 4 N–H and O–H groups in total. The fourth-order valence-corrected chi connectivity index (χ4v) is 2.26. The van der Waals surface area contributed by atoms with Gasteiger partial charge in [0.2, 0.25) is 11.5 Å². The molecule has 0 aromatic heterocycles. The van der Waals surface area contributed by atoms with Crippen LogP contribution in [0.25, 0.3) is 0 Å². The van der Waals surface area contributed by atoms with E-state index in [4.69, 9.17) is 5.11 Å². The Bertz CT molecular complexity index is 622. The molecule has 7 nitrogen and oxygen atoms in total. The molecule has 21 heavy (non-hydrogen) atoms. The minimum Gasteiger partial charge on any atom is -0.504 e. The maximum atomic E-state index is 12.5. The Kier molecular flexibility index (Phi) is 4.04. The lowest BCUT2D eigenvalue weighted by atomic mass is 9.86. The van der Waals surface area contributed by atoms with Gasteiger partial charge in [0.15, 0.2) is 5.76 Å². The number of esters is 1. The van der Waals surface area contributed by atoms with Crippen molar-refractivity contribution in [3.8, 4) is 0 Å². The molecule has 0 bridgehead atoms. The van der Waals surface area contributed by atoms with E-state index in [1.54, 1.807) is 0 Å². The summed E-state index contributed by atoms with van der Waals surface area (Å²) in [5, 5.41) is 38.1. The van der Waals surface area contributed by atoms with Crippen LogP contribution in [-0.4, -0.2) is 50.5 Å². The third kappa shape index (κ3) is 2.31. The molecule has 1 aliphatic rings. The first-order valence-electron chi connectivity index (χ1n) is 5.80. The van der Waals surface area contributed by atoms with Crippen LogP contribution in [0.3, 0.4) is 0 Å². The number of hydrogen-bond donors (Lipinski definition) is 4. The Morgan fingerprint density at radius 1 is 1.29 bits per heavy atom. The lowest BCUT2D eigenvalue weighted by Gasteiger charge is -2.29. The van der Waals surface area contributed by atoms with Crippen LogP contribution in [0.4, 0.5) is 0 Å². The molecule has 1 heterocycles. The normalized spacial score (nSPS) is 23.1. The summed E-state index contributed by atoms with van der Waals surface area (Å²) in [4.78, 5) is 23.9. The molecule has 0 unspecified atom stereocenters. The van der Waals surface area contributed by atoms with E-state index in [1.807, 2.05) is 0 Å². The molecule has 0 spiro atoms. The van der Waals surface area contributed by atoms with Crippen molar-refractivity contribution in [2.75, 3.05) is 6.61 Å². The predicted molar refractivity (Wildman–Crippen MR) is 72.7 cm³/mol. The Balaban J connectivity index is 2.55. The summed E-state index contributed by atoms with van der Waals surface area (Å²) < 4.78 is 5.37. The first-order valence-corrected chi connectivity index (χ1v) is 6.59. The average molecular weight is 359 g/mol. The van der Waals surface area contributed by atoms with Crippen molar-refractivity contribution in [2.45, 2.75) is 11.7 Å². The zero-order valence-electron chi connectivity index (χ0n) is 10.5. The summed E-state index contributed by atoms with van der Waals surface area (Å²) in [5.74, 6) is -4.62. The fourth-order valence-electron chi connectivity index (χ4n) is 1.99. The average Bonchev–Trinajstić information content (AvgIpc) is 2.71. The van der Waals surface area contributed by atoms with Crippen LogP contribution in [0.1, 0.15) is 10.4 Å². The molecule has 112 valence electrons. The van der Waals surface area contributed by atoms with E-state index in [1.165, 1.54) is 24.3 Å². The number of carbonyl (C=O) groups is 2. The van der Waals surface area contributed by atoms with E-state index < -0.39 is 41.6 Å². The molecular weight excluding hydrogens is 348 g/mol. The Morgan fingerprint density at radius 3 is 2.29 bits per heavy atom. The van der Waals surface area contributed by atoms with Crippen LogP contribution in [0.15, 0.2) is 40.3 Å². The second kappa shape index (κ2) is 5.47. The summed E-state index contributed by atoms with van der Waals surface area (Å²) in [7, 11) is 0. The summed E-state index contributed by atoms with van der Waals surface area (Å²) in [5.41, 5.74) is -2.54.